The molecule has 296 valence electrons. The van der Waals surface area contributed by atoms with Gasteiger partial charge in [0.25, 0.3) is 0 Å². The highest BCUT2D eigenvalue weighted by molar-refractivity contribution is 6.11. The number of rotatable bonds is 12. The molecule has 6 aromatic carbocycles. The molecule has 0 aliphatic carbocycles. The lowest BCUT2D eigenvalue weighted by molar-refractivity contribution is -0.134. The summed E-state index contributed by atoms with van der Waals surface area (Å²) in [4.78, 5) is 37.6. The molecule has 0 saturated carbocycles. The second-order valence-corrected chi connectivity index (χ2v) is 15.0. The fourth-order valence-electron chi connectivity index (χ4n) is 6.91. The first-order valence-electron chi connectivity index (χ1n) is 19.3. The molecule has 7 heteroatoms. The van der Waals surface area contributed by atoms with Crippen molar-refractivity contribution in [1.82, 2.24) is 9.80 Å². The first-order valence-corrected chi connectivity index (χ1v) is 19.3. The lowest BCUT2D eigenvalue weighted by Gasteiger charge is -2.20. The minimum Gasteiger partial charge on any atom is -0.478 e. The molecule has 7 nitrogen and oxygen atoms in total. The maximum atomic E-state index is 14.0. The Kier molecular flexibility index (Phi) is 14.1. The number of carbonyl (C=O) groups excluding carboxylic acids is 1. The summed E-state index contributed by atoms with van der Waals surface area (Å²) in [5.74, 6) is -2.46. The number of ketones is 1. The number of aliphatic carboxylic acids is 2. The van der Waals surface area contributed by atoms with E-state index >= 15 is 0 Å². The molecule has 0 fully saturated rings. The Bertz CT molecular complexity index is 2260. The van der Waals surface area contributed by atoms with Crippen LogP contribution in [0.1, 0.15) is 64.1 Å². The van der Waals surface area contributed by atoms with Crippen LogP contribution in [0, 0.1) is 13.8 Å². The summed E-state index contributed by atoms with van der Waals surface area (Å²) in [6.45, 7) is 8.52. The van der Waals surface area contributed by atoms with E-state index in [1.54, 1.807) is 0 Å². The van der Waals surface area contributed by atoms with Crippen LogP contribution in [0.15, 0.2) is 146 Å². The highest BCUT2D eigenvalue weighted by Gasteiger charge is 2.18. The predicted molar refractivity (Wildman–Crippen MR) is 236 cm³/mol. The summed E-state index contributed by atoms with van der Waals surface area (Å²) in [5, 5.41) is 15.6. The molecule has 2 atom stereocenters. The molecule has 0 aliphatic rings. The van der Waals surface area contributed by atoms with Gasteiger partial charge in [0.15, 0.2) is 5.78 Å². The molecule has 0 saturated heterocycles. The van der Waals surface area contributed by atoms with Gasteiger partial charge in [0, 0.05) is 35.4 Å². The molecule has 0 spiro atoms. The Hall–Kier alpha value is -6.41. The SMILES string of the molecule is Cc1cc(-c2ccccc2-c2ccc(C(C)N(C)C)cc2)ccc1C(=O)c1ccc(-c2ccccc2-c2ccc(C(C)N(C)C)cc2)cc1C.O=C(O)/C=C/C(=O)O. The molecule has 0 bridgehead atoms. The smallest absolute Gasteiger partial charge is 0.328 e. The largest absolute Gasteiger partial charge is 0.478 e. The van der Waals surface area contributed by atoms with Gasteiger partial charge in [-0.1, -0.05) is 133 Å². The van der Waals surface area contributed by atoms with Gasteiger partial charge in [-0.15, -0.1) is 0 Å². The number of hydrogen-bond donors (Lipinski definition) is 2. The molecule has 0 aromatic heterocycles. The Balaban J connectivity index is 0.000000725. The number of benzene rings is 6. The van der Waals surface area contributed by atoms with Crippen molar-refractivity contribution < 1.29 is 24.6 Å². The fourth-order valence-corrected chi connectivity index (χ4v) is 6.91. The minimum absolute atomic E-state index is 0.0517. The van der Waals surface area contributed by atoms with Crippen LogP contribution in [0.4, 0.5) is 0 Å². The predicted octanol–water partition coefficient (Wildman–Crippen LogP) is 11.2. The number of carboxylic acids is 2. The number of hydrogen-bond acceptors (Lipinski definition) is 5. The molecule has 6 aromatic rings. The summed E-state index contributed by atoms with van der Waals surface area (Å²) >= 11 is 0. The highest BCUT2D eigenvalue weighted by Crippen LogP contribution is 2.36. The van der Waals surface area contributed by atoms with Gasteiger partial charge >= 0.3 is 11.9 Å². The van der Waals surface area contributed by atoms with E-state index in [2.05, 4.69) is 173 Å². The molecule has 0 heterocycles. The number of nitrogens with zero attached hydrogens (tertiary/aromatic N) is 2. The lowest BCUT2D eigenvalue weighted by atomic mass is 9.88. The van der Waals surface area contributed by atoms with Crippen molar-refractivity contribution in [3.8, 4) is 44.5 Å². The van der Waals surface area contributed by atoms with Crippen LogP contribution in [0.3, 0.4) is 0 Å². The first kappa shape index (κ1) is 42.7. The van der Waals surface area contributed by atoms with Crippen molar-refractivity contribution in [2.75, 3.05) is 28.2 Å². The normalized spacial score (nSPS) is 12.2. The van der Waals surface area contributed by atoms with Crippen molar-refractivity contribution in [2.24, 2.45) is 0 Å². The van der Waals surface area contributed by atoms with Gasteiger partial charge in [-0.25, -0.2) is 9.59 Å². The van der Waals surface area contributed by atoms with Gasteiger partial charge in [0.1, 0.15) is 0 Å². The van der Waals surface area contributed by atoms with Crippen molar-refractivity contribution in [2.45, 2.75) is 39.8 Å². The zero-order valence-electron chi connectivity index (χ0n) is 34.5. The molecular weight excluding hydrogens is 721 g/mol. The monoisotopic (exact) mass is 772 g/mol. The molecule has 2 N–H and O–H groups in total. The molecule has 2 unspecified atom stereocenters. The van der Waals surface area contributed by atoms with Gasteiger partial charge in [-0.2, -0.15) is 0 Å². The van der Waals surface area contributed by atoms with E-state index in [-0.39, 0.29) is 5.78 Å². The minimum atomic E-state index is -1.26. The van der Waals surface area contributed by atoms with Crippen molar-refractivity contribution in [3.63, 3.8) is 0 Å². The fraction of sp³-hybridized carbons (Fsp3) is 0.196. The van der Waals surface area contributed by atoms with E-state index in [9.17, 15) is 14.4 Å². The first-order chi connectivity index (χ1) is 27.7. The second kappa shape index (κ2) is 19.2. The number of carboxylic acid groups (broad SMARTS) is 2. The van der Waals surface area contributed by atoms with Crippen LogP contribution in [-0.2, 0) is 9.59 Å². The number of aryl methyl sites for hydroxylation is 2. The van der Waals surface area contributed by atoms with Crippen LogP contribution in [-0.4, -0.2) is 65.9 Å². The third kappa shape index (κ3) is 10.3. The quantitative estimate of drug-likeness (QED) is 0.0944. The molecular formula is C51H52N2O5. The maximum absolute atomic E-state index is 14.0. The summed E-state index contributed by atoms with van der Waals surface area (Å²) in [5.41, 5.74) is 15.2. The summed E-state index contributed by atoms with van der Waals surface area (Å²) in [6, 6.07) is 48.0. The average Bonchev–Trinajstić information content (AvgIpc) is 3.22. The zero-order valence-corrected chi connectivity index (χ0v) is 34.5. The molecule has 0 aliphatic heterocycles. The average molecular weight is 773 g/mol. The van der Waals surface area contributed by atoms with Crippen LogP contribution in [0.5, 0.6) is 0 Å². The van der Waals surface area contributed by atoms with Crippen LogP contribution in [0.2, 0.25) is 0 Å². The molecule has 0 radical (unpaired) electrons. The number of carbonyl (C=O) groups is 3. The van der Waals surface area contributed by atoms with E-state index in [0.29, 0.717) is 24.2 Å². The van der Waals surface area contributed by atoms with Gasteiger partial charge in [0.05, 0.1) is 0 Å². The van der Waals surface area contributed by atoms with E-state index in [1.807, 2.05) is 26.0 Å². The van der Waals surface area contributed by atoms with Crippen LogP contribution in [0.25, 0.3) is 44.5 Å². The van der Waals surface area contributed by atoms with E-state index in [0.717, 1.165) is 44.5 Å². The van der Waals surface area contributed by atoms with Gasteiger partial charge in [-0.3, -0.25) is 4.79 Å². The third-order valence-corrected chi connectivity index (χ3v) is 10.7. The summed E-state index contributed by atoms with van der Waals surface area (Å²) in [7, 11) is 8.42. The Morgan fingerprint density at radius 2 is 0.759 bits per heavy atom. The van der Waals surface area contributed by atoms with E-state index in [4.69, 9.17) is 10.2 Å². The second-order valence-electron chi connectivity index (χ2n) is 15.0. The topological polar surface area (TPSA) is 98.2 Å². The van der Waals surface area contributed by atoms with E-state index in [1.165, 1.54) is 33.4 Å². The lowest BCUT2D eigenvalue weighted by Crippen LogP contribution is -2.16. The summed E-state index contributed by atoms with van der Waals surface area (Å²) in [6.07, 6.45) is 1.12. The van der Waals surface area contributed by atoms with Gasteiger partial charge in [0.2, 0.25) is 0 Å². The van der Waals surface area contributed by atoms with Crippen LogP contribution >= 0.6 is 0 Å². The van der Waals surface area contributed by atoms with Gasteiger partial charge < -0.3 is 20.0 Å². The Labute approximate surface area is 342 Å². The van der Waals surface area contributed by atoms with Crippen molar-refractivity contribution >= 4 is 17.7 Å². The molecule has 0 amide bonds. The Morgan fingerprint density at radius 3 is 1.03 bits per heavy atom. The van der Waals surface area contributed by atoms with Crippen molar-refractivity contribution in [3.05, 3.63) is 179 Å². The molecule has 58 heavy (non-hydrogen) atoms. The highest BCUT2D eigenvalue weighted by atomic mass is 16.4. The third-order valence-electron chi connectivity index (χ3n) is 10.7. The van der Waals surface area contributed by atoms with Gasteiger partial charge in [-0.05, 0) is 123 Å². The standard InChI is InChI=1S/C47H48N2O.C4H4O4/c1-31-29-39(45-15-11-9-13-43(45)37-21-17-35(18-22-37)33(3)48(5)6)25-27-41(31)47(50)42-28-26-40(30-32(42)2)46-16-12-10-14-44(46)38-23-19-36(20-24-38)34(4)49(7)8;5-3(6)1-2-4(7)8/h9-30,33-34H,1-8H3;1-2H,(H,5,6)(H,7,8)/b;2-1+. The van der Waals surface area contributed by atoms with Crippen LogP contribution < -0.4 is 0 Å². The maximum Gasteiger partial charge on any atom is 0.328 e. The summed E-state index contributed by atoms with van der Waals surface area (Å²) < 4.78 is 0. The van der Waals surface area contributed by atoms with Crippen molar-refractivity contribution in [1.29, 1.82) is 0 Å². The zero-order chi connectivity index (χ0) is 42.1. The van der Waals surface area contributed by atoms with E-state index < -0.39 is 11.9 Å². The Morgan fingerprint density at radius 1 is 0.466 bits per heavy atom. The molecule has 6 rings (SSSR count).